The molecule has 3 N–H and O–H groups in total. The van der Waals surface area contributed by atoms with E-state index in [-0.39, 0.29) is 22.5 Å². The van der Waals surface area contributed by atoms with Gasteiger partial charge in [-0.1, -0.05) is 6.07 Å². The van der Waals surface area contributed by atoms with E-state index in [2.05, 4.69) is 4.98 Å². The fourth-order valence-corrected chi connectivity index (χ4v) is 2.46. The predicted octanol–water partition coefficient (Wildman–Crippen LogP) is 1.79. The van der Waals surface area contributed by atoms with E-state index in [0.717, 1.165) is 0 Å². The number of anilines is 1. The number of H-pyrrole nitrogens is 1. The van der Waals surface area contributed by atoms with Crippen LogP contribution in [0.3, 0.4) is 0 Å². The topological polar surface area (TPSA) is 134 Å². The highest BCUT2D eigenvalue weighted by molar-refractivity contribution is 5.81. The first-order valence-corrected chi connectivity index (χ1v) is 7.73. The summed E-state index contributed by atoms with van der Waals surface area (Å²) in [6.45, 7) is 0.936. The van der Waals surface area contributed by atoms with Gasteiger partial charge in [0.25, 0.3) is 5.56 Å². The van der Waals surface area contributed by atoms with Crippen LogP contribution < -0.4 is 20.8 Å². The van der Waals surface area contributed by atoms with E-state index in [1.54, 1.807) is 25.3 Å². The number of hydrogen-bond acceptors (Lipinski definition) is 7. The van der Waals surface area contributed by atoms with Gasteiger partial charge in [-0.2, -0.15) is 10.5 Å². The molecule has 0 amide bonds. The Hall–Kier alpha value is -3.49. The van der Waals surface area contributed by atoms with Crippen LogP contribution in [0.5, 0.6) is 11.5 Å². The van der Waals surface area contributed by atoms with Gasteiger partial charge in [0.2, 0.25) is 0 Å². The zero-order valence-electron chi connectivity index (χ0n) is 14.5. The summed E-state index contributed by atoms with van der Waals surface area (Å²) in [4.78, 5) is 14.4. The minimum atomic E-state index is -0.655. The molecule has 0 fully saturated rings. The van der Waals surface area contributed by atoms with Crippen molar-refractivity contribution in [1.82, 2.24) is 4.98 Å². The van der Waals surface area contributed by atoms with Gasteiger partial charge in [0.15, 0.2) is 11.5 Å². The van der Waals surface area contributed by atoms with E-state index >= 15 is 0 Å². The Kier molecular flexibility index (Phi) is 6.20. The molecule has 0 aliphatic rings. The van der Waals surface area contributed by atoms with Gasteiger partial charge in [-0.15, -0.1) is 0 Å². The second-order valence-corrected chi connectivity index (χ2v) is 5.28. The van der Waals surface area contributed by atoms with Crippen LogP contribution in [-0.4, -0.2) is 32.4 Å². The number of hydrogen-bond donors (Lipinski definition) is 2. The maximum Gasteiger partial charge on any atom is 0.268 e. The Morgan fingerprint density at radius 3 is 2.46 bits per heavy atom. The molecular formula is C18H18N4O4. The third kappa shape index (κ3) is 3.77. The summed E-state index contributed by atoms with van der Waals surface area (Å²) in [5.41, 5.74) is 5.55. The largest absolute Gasteiger partial charge is 0.493 e. The Balaban J connectivity index is 2.58. The molecule has 0 unspecified atom stereocenters. The van der Waals surface area contributed by atoms with Crippen molar-refractivity contribution in [2.75, 3.05) is 33.2 Å². The third-order valence-corrected chi connectivity index (χ3v) is 3.67. The first-order valence-electron chi connectivity index (χ1n) is 7.73. The number of methoxy groups -OCH3 is 2. The first kappa shape index (κ1) is 18.8. The van der Waals surface area contributed by atoms with Crippen LogP contribution in [0.2, 0.25) is 0 Å². The average molecular weight is 354 g/mol. The van der Waals surface area contributed by atoms with Crippen LogP contribution in [0.1, 0.15) is 17.5 Å². The smallest absolute Gasteiger partial charge is 0.268 e. The lowest BCUT2D eigenvalue weighted by Gasteiger charge is -2.14. The van der Waals surface area contributed by atoms with Crippen molar-refractivity contribution in [3.05, 3.63) is 39.7 Å². The number of aromatic amines is 1. The fraction of sp³-hybridized carbons (Fsp3) is 0.278. The summed E-state index contributed by atoms with van der Waals surface area (Å²) in [7, 11) is 3.11. The van der Waals surface area contributed by atoms with Gasteiger partial charge >= 0.3 is 0 Å². The van der Waals surface area contributed by atoms with E-state index < -0.39 is 5.56 Å². The average Bonchev–Trinajstić information content (AvgIpc) is 2.64. The fourth-order valence-electron chi connectivity index (χ4n) is 2.46. The lowest BCUT2D eigenvalue weighted by atomic mass is 9.96. The molecule has 2 rings (SSSR count). The van der Waals surface area contributed by atoms with Gasteiger partial charge in [0.1, 0.15) is 29.1 Å². The number of nitrogens with two attached hydrogens (primary N) is 1. The molecule has 0 spiro atoms. The van der Waals surface area contributed by atoms with Crippen LogP contribution in [0.15, 0.2) is 23.0 Å². The van der Waals surface area contributed by atoms with Gasteiger partial charge in [-0.3, -0.25) is 4.79 Å². The minimum absolute atomic E-state index is 0.0247. The molecule has 0 saturated heterocycles. The maximum atomic E-state index is 12.0. The van der Waals surface area contributed by atoms with Crippen LogP contribution in [0.25, 0.3) is 11.1 Å². The van der Waals surface area contributed by atoms with E-state index in [9.17, 15) is 15.3 Å². The SMILES string of the molecule is COCCCOc1cc(-c2c(C#N)c(N)[nH]c(=O)c2C#N)ccc1OC. The molecule has 0 aliphatic heterocycles. The summed E-state index contributed by atoms with van der Waals surface area (Å²) >= 11 is 0. The van der Waals surface area contributed by atoms with Gasteiger partial charge in [-0.05, 0) is 17.7 Å². The van der Waals surface area contributed by atoms with Gasteiger partial charge in [0.05, 0.1) is 13.7 Å². The summed E-state index contributed by atoms with van der Waals surface area (Å²) in [6.07, 6.45) is 0.675. The van der Waals surface area contributed by atoms with Crippen LogP contribution in [0, 0.1) is 22.7 Å². The molecule has 26 heavy (non-hydrogen) atoms. The number of ether oxygens (including phenoxy) is 3. The summed E-state index contributed by atoms with van der Waals surface area (Å²) in [6, 6.07) is 8.66. The standard InChI is InChI=1S/C18H18N4O4/c1-24-6-3-7-26-15-8-11(4-5-14(15)25-2)16-12(9-19)17(21)22-18(23)13(16)10-20/h4-5,8H,3,6-7H2,1-2H3,(H3,21,22,23). The second kappa shape index (κ2) is 8.56. The number of nitrogens with one attached hydrogen (secondary N) is 1. The number of benzene rings is 1. The quantitative estimate of drug-likeness (QED) is 0.724. The van der Waals surface area contributed by atoms with Crippen LogP contribution in [0.4, 0.5) is 5.82 Å². The zero-order valence-corrected chi connectivity index (χ0v) is 14.5. The normalized spacial score (nSPS) is 10.0. The molecule has 0 saturated carbocycles. The predicted molar refractivity (Wildman–Crippen MR) is 94.9 cm³/mol. The highest BCUT2D eigenvalue weighted by Gasteiger charge is 2.19. The number of nitriles is 2. The summed E-state index contributed by atoms with van der Waals surface area (Å²) in [5, 5.41) is 18.8. The molecule has 2 aromatic rings. The van der Waals surface area contributed by atoms with Crippen molar-refractivity contribution in [2.24, 2.45) is 0 Å². The molecule has 1 heterocycles. The van der Waals surface area contributed by atoms with Crippen molar-refractivity contribution in [2.45, 2.75) is 6.42 Å². The number of rotatable bonds is 7. The highest BCUT2D eigenvalue weighted by Crippen LogP contribution is 2.35. The second-order valence-electron chi connectivity index (χ2n) is 5.28. The Morgan fingerprint density at radius 2 is 1.85 bits per heavy atom. The van der Waals surface area contributed by atoms with E-state index in [1.807, 2.05) is 12.1 Å². The van der Waals surface area contributed by atoms with Crippen molar-refractivity contribution >= 4 is 5.82 Å². The summed E-state index contributed by atoms with van der Waals surface area (Å²) in [5.74, 6) is 0.818. The Bertz CT molecular complexity index is 938. The Morgan fingerprint density at radius 1 is 1.12 bits per heavy atom. The molecule has 1 aromatic carbocycles. The zero-order chi connectivity index (χ0) is 19.1. The molecule has 0 atom stereocenters. The third-order valence-electron chi connectivity index (χ3n) is 3.67. The van der Waals surface area contributed by atoms with Crippen LogP contribution >= 0.6 is 0 Å². The lowest BCUT2D eigenvalue weighted by Crippen LogP contribution is -2.16. The Labute approximate surface area is 150 Å². The van der Waals surface area contributed by atoms with Gasteiger partial charge in [-0.25, -0.2) is 0 Å². The summed E-state index contributed by atoms with van der Waals surface area (Å²) < 4.78 is 16.0. The van der Waals surface area contributed by atoms with Crippen molar-refractivity contribution in [3.63, 3.8) is 0 Å². The maximum absolute atomic E-state index is 12.0. The molecule has 1 aromatic heterocycles. The van der Waals surface area contributed by atoms with Crippen molar-refractivity contribution in [3.8, 4) is 34.8 Å². The number of pyridine rings is 1. The molecule has 0 aliphatic carbocycles. The van der Waals surface area contributed by atoms with E-state index in [0.29, 0.717) is 36.7 Å². The monoisotopic (exact) mass is 354 g/mol. The molecule has 0 bridgehead atoms. The van der Waals surface area contributed by atoms with Crippen molar-refractivity contribution in [1.29, 1.82) is 10.5 Å². The van der Waals surface area contributed by atoms with Crippen molar-refractivity contribution < 1.29 is 14.2 Å². The molecular weight excluding hydrogens is 336 g/mol. The lowest BCUT2D eigenvalue weighted by molar-refractivity contribution is 0.170. The highest BCUT2D eigenvalue weighted by atomic mass is 16.5. The van der Waals surface area contributed by atoms with Gasteiger partial charge < -0.3 is 24.9 Å². The van der Waals surface area contributed by atoms with Gasteiger partial charge in [0, 0.05) is 25.7 Å². The molecule has 0 radical (unpaired) electrons. The molecule has 134 valence electrons. The van der Waals surface area contributed by atoms with Crippen LogP contribution in [-0.2, 0) is 4.74 Å². The van der Waals surface area contributed by atoms with E-state index in [1.165, 1.54) is 7.11 Å². The number of nitrogen functional groups attached to an aromatic ring is 1. The minimum Gasteiger partial charge on any atom is -0.493 e. The van der Waals surface area contributed by atoms with E-state index in [4.69, 9.17) is 19.9 Å². The molecule has 8 nitrogen and oxygen atoms in total. The molecule has 8 heteroatoms. The number of nitrogens with zero attached hydrogens (tertiary/aromatic N) is 2. The first-order chi connectivity index (χ1) is 12.6. The number of aromatic nitrogens is 1.